The number of rotatable bonds is 5. The molecular formula is C17H20N4O4S. The Morgan fingerprint density at radius 3 is 2.69 bits per heavy atom. The van der Waals surface area contributed by atoms with Gasteiger partial charge in [-0.2, -0.15) is 0 Å². The van der Waals surface area contributed by atoms with Crippen LogP contribution in [0.25, 0.3) is 10.4 Å². The van der Waals surface area contributed by atoms with Crippen LogP contribution in [0.5, 0.6) is 11.5 Å². The fraction of sp³-hybridized carbons (Fsp3) is 0.294. The number of primary amides is 1. The highest BCUT2D eigenvalue weighted by atomic mass is 32.1. The molecule has 1 fully saturated rings. The van der Waals surface area contributed by atoms with Gasteiger partial charge in [0.15, 0.2) is 5.75 Å². The van der Waals surface area contributed by atoms with E-state index in [4.69, 9.17) is 15.2 Å². The second kappa shape index (κ2) is 8.07. The summed E-state index contributed by atoms with van der Waals surface area (Å²) in [6.07, 6.45) is 0.285. The molecule has 0 bridgehead atoms. The zero-order valence-corrected chi connectivity index (χ0v) is 15.0. The van der Waals surface area contributed by atoms with Crippen molar-refractivity contribution in [3.63, 3.8) is 0 Å². The van der Waals surface area contributed by atoms with E-state index in [1.165, 1.54) is 11.3 Å². The highest BCUT2D eigenvalue weighted by Gasteiger charge is 2.20. The number of carbonyl (C=O) groups is 2. The van der Waals surface area contributed by atoms with Crippen LogP contribution in [0.1, 0.15) is 6.42 Å². The summed E-state index contributed by atoms with van der Waals surface area (Å²) in [6.45, 7) is 1.57. The molecule has 1 aliphatic rings. The quantitative estimate of drug-likeness (QED) is 0.640. The normalized spacial score (nSPS) is 16.1. The molecule has 9 heteroatoms. The maximum absolute atomic E-state index is 12.1. The number of amides is 3. The number of hydrogen-bond donors (Lipinski definition) is 4. The number of thiophene rings is 1. The van der Waals surface area contributed by atoms with E-state index >= 15 is 0 Å². The van der Waals surface area contributed by atoms with E-state index in [1.54, 1.807) is 13.2 Å². The first-order valence-electron chi connectivity index (χ1n) is 8.09. The summed E-state index contributed by atoms with van der Waals surface area (Å²) in [7, 11) is 1.60. The Morgan fingerprint density at radius 2 is 2.08 bits per heavy atom. The fourth-order valence-electron chi connectivity index (χ4n) is 2.62. The van der Waals surface area contributed by atoms with Crippen molar-refractivity contribution in [3.8, 4) is 21.9 Å². The summed E-state index contributed by atoms with van der Waals surface area (Å²) in [5.74, 6) is 0.991. The van der Waals surface area contributed by atoms with Gasteiger partial charge in [-0.1, -0.05) is 0 Å². The van der Waals surface area contributed by atoms with Crippen LogP contribution in [0.4, 0.5) is 14.6 Å². The molecule has 2 aromatic rings. The summed E-state index contributed by atoms with van der Waals surface area (Å²) in [6, 6.07) is 8.44. The number of ether oxygens (including phenoxy) is 2. The first kappa shape index (κ1) is 18.0. The molecule has 2 heterocycles. The predicted molar refractivity (Wildman–Crippen MR) is 99.9 cm³/mol. The van der Waals surface area contributed by atoms with Crippen LogP contribution in [0, 0.1) is 0 Å². The molecule has 1 unspecified atom stereocenters. The van der Waals surface area contributed by atoms with E-state index in [-0.39, 0.29) is 11.8 Å². The minimum absolute atomic E-state index is 0.0368. The number of nitrogens with one attached hydrogen (secondary N) is 3. The summed E-state index contributed by atoms with van der Waals surface area (Å²) in [5.41, 5.74) is 6.12. The average Bonchev–Trinajstić information content (AvgIpc) is 3.25. The number of carbonyl (C=O) groups excluding carboxylic acids is 2. The molecule has 0 aliphatic carbocycles. The van der Waals surface area contributed by atoms with E-state index in [2.05, 4.69) is 16.0 Å². The van der Waals surface area contributed by atoms with E-state index in [0.717, 1.165) is 29.2 Å². The number of methoxy groups -OCH3 is 1. The smallest absolute Gasteiger partial charge is 0.412 e. The van der Waals surface area contributed by atoms with Gasteiger partial charge in [0.05, 0.1) is 7.11 Å². The van der Waals surface area contributed by atoms with Crippen LogP contribution in [0.2, 0.25) is 0 Å². The lowest BCUT2D eigenvalue weighted by atomic mass is 10.2. The molecule has 1 aromatic heterocycles. The summed E-state index contributed by atoms with van der Waals surface area (Å²) < 4.78 is 10.5. The minimum Gasteiger partial charge on any atom is -0.497 e. The van der Waals surface area contributed by atoms with Crippen molar-refractivity contribution < 1.29 is 19.1 Å². The van der Waals surface area contributed by atoms with Crippen molar-refractivity contribution in [1.29, 1.82) is 0 Å². The molecule has 3 rings (SSSR count). The van der Waals surface area contributed by atoms with Crippen molar-refractivity contribution in [2.75, 3.05) is 25.5 Å². The average molecular weight is 376 g/mol. The first-order chi connectivity index (χ1) is 12.5. The largest absolute Gasteiger partial charge is 0.497 e. The van der Waals surface area contributed by atoms with Gasteiger partial charge < -0.3 is 25.8 Å². The highest BCUT2D eigenvalue weighted by molar-refractivity contribution is 7.20. The molecule has 3 amide bonds. The molecule has 138 valence electrons. The van der Waals surface area contributed by atoms with Crippen LogP contribution >= 0.6 is 11.3 Å². The van der Waals surface area contributed by atoms with Gasteiger partial charge in [-0.05, 0) is 42.8 Å². The van der Waals surface area contributed by atoms with E-state index in [1.807, 2.05) is 24.3 Å². The van der Waals surface area contributed by atoms with E-state index < -0.39 is 12.1 Å². The van der Waals surface area contributed by atoms with E-state index in [9.17, 15) is 9.59 Å². The topological polar surface area (TPSA) is 115 Å². The standard InChI is InChI=1S/C17H20N4O4S/c1-24-12-4-2-10(3-5-12)14-8-13(15(26-14)21-16(18)22)25-17(23)20-11-6-7-19-9-11/h2-5,8,11,19H,6-7,9H2,1H3,(H,20,23)(H3,18,21,22). The maximum Gasteiger partial charge on any atom is 0.412 e. The van der Waals surface area contributed by atoms with Crippen LogP contribution in [-0.2, 0) is 0 Å². The molecule has 0 radical (unpaired) electrons. The van der Waals surface area contributed by atoms with Gasteiger partial charge in [0.1, 0.15) is 10.8 Å². The second-order valence-electron chi connectivity index (χ2n) is 5.75. The molecule has 1 atom stereocenters. The Labute approximate surface area is 154 Å². The third kappa shape index (κ3) is 4.44. The molecule has 5 N–H and O–H groups in total. The molecule has 0 saturated carbocycles. The zero-order chi connectivity index (χ0) is 18.5. The zero-order valence-electron chi connectivity index (χ0n) is 14.2. The number of urea groups is 1. The molecule has 8 nitrogen and oxygen atoms in total. The molecule has 1 aromatic carbocycles. The lowest BCUT2D eigenvalue weighted by Crippen LogP contribution is -2.38. The summed E-state index contributed by atoms with van der Waals surface area (Å²) in [4.78, 5) is 24.2. The number of benzene rings is 1. The van der Waals surface area contributed by atoms with Crippen LogP contribution in [0.3, 0.4) is 0 Å². The lowest BCUT2D eigenvalue weighted by Gasteiger charge is -2.11. The Balaban J connectivity index is 1.78. The SMILES string of the molecule is COc1ccc(-c2cc(OC(=O)NC3CCNC3)c(NC(N)=O)s2)cc1. The van der Waals surface area contributed by atoms with Crippen LogP contribution in [0.15, 0.2) is 30.3 Å². The first-order valence-corrected chi connectivity index (χ1v) is 8.90. The number of anilines is 1. The van der Waals surface area contributed by atoms with Crippen molar-refractivity contribution >= 4 is 28.5 Å². The second-order valence-corrected chi connectivity index (χ2v) is 6.80. The molecule has 1 saturated heterocycles. The monoisotopic (exact) mass is 376 g/mol. The highest BCUT2D eigenvalue weighted by Crippen LogP contribution is 2.41. The van der Waals surface area contributed by atoms with Crippen molar-refractivity contribution in [2.45, 2.75) is 12.5 Å². The van der Waals surface area contributed by atoms with Crippen LogP contribution < -0.4 is 31.2 Å². The molecular weight excluding hydrogens is 356 g/mol. The molecule has 26 heavy (non-hydrogen) atoms. The van der Waals surface area contributed by atoms with Crippen molar-refractivity contribution in [3.05, 3.63) is 30.3 Å². The van der Waals surface area contributed by atoms with Gasteiger partial charge in [-0.3, -0.25) is 5.32 Å². The molecule has 0 spiro atoms. The van der Waals surface area contributed by atoms with Gasteiger partial charge in [-0.15, -0.1) is 11.3 Å². The van der Waals surface area contributed by atoms with Gasteiger partial charge in [0.25, 0.3) is 0 Å². The van der Waals surface area contributed by atoms with Crippen LogP contribution in [-0.4, -0.2) is 38.4 Å². The Hall–Kier alpha value is -2.78. The van der Waals surface area contributed by atoms with E-state index in [0.29, 0.717) is 11.5 Å². The van der Waals surface area contributed by atoms with Crippen molar-refractivity contribution in [2.24, 2.45) is 5.73 Å². The minimum atomic E-state index is -0.724. The van der Waals surface area contributed by atoms with Gasteiger partial charge in [0.2, 0.25) is 0 Å². The van der Waals surface area contributed by atoms with Gasteiger partial charge >= 0.3 is 12.1 Å². The van der Waals surface area contributed by atoms with Gasteiger partial charge in [0, 0.05) is 23.5 Å². The Bertz CT molecular complexity index is 785. The number of nitrogens with two attached hydrogens (primary N) is 1. The van der Waals surface area contributed by atoms with Gasteiger partial charge in [-0.25, -0.2) is 9.59 Å². The Morgan fingerprint density at radius 1 is 1.31 bits per heavy atom. The molecule has 1 aliphatic heterocycles. The maximum atomic E-state index is 12.1. The summed E-state index contributed by atoms with van der Waals surface area (Å²) >= 11 is 1.27. The third-order valence-corrected chi connectivity index (χ3v) is 4.98. The Kier molecular flexibility index (Phi) is 5.59. The third-order valence-electron chi connectivity index (χ3n) is 3.89. The van der Waals surface area contributed by atoms with Crippen molar-refractivity contribution in [1.82, 2.24) is 10.6 Å². The predicted octanol–water partition coefficient (Wildman–Crippen LogP) is 2.36. The number of hydrogen-bond acceptors (Lipinski definition) is 6. The fourth-order valence-corrected chi connectivity index (χ4v) is 3.61. The lowest BCUT2D eigenvalue weighted by molar-refractivity contribution is 0.197. The summed E-state index contributed by atoms with van der Waals surface area (Å²) in [5, 5.41) is 8.83.